The zero-order valence-electron chi connectivity index (χ0n) is 12.7. The first-order valence-electron chi connectivity index (χ1n) is 7.83. The van der Waals surface area contributed by atoms with Crippen LogP contribution < -0.4 is 0 Å². The van der Waals surface area contributed by atoms with E-state index in [1.165, 1.54) is 29.1 Å². The number of benzene rings is 1. The van der Waals surface area contributed by atoms with Gasteiger partial charge in [0.05, 0.1) is 11.9 Å². The van der Waals surface area contributed by atoms with Crippen molar-refractivity contribution < 1.29 is 5.11 Å². The van der Waals surface area contributed by atoms with Crippen molar-refractivity contribution in [2.75, 3.05) is 0 Å². The van der Waals surface area contributed by atoms with Gasteiger partial charge in [-0.05, 0) is 18.8 Å². The van der Waals surface area contributed by atoms with Gasteiger partial charge in [-0.3, -0.25) is 4.40 Å². The van der Waals surface area contributed by atoms with Crippen LogP contribution in [0.2, 0.25) is 0 Å². The van der Waals surface area contributed by atoms with Gasteiger partial charge in [-0.15, -0.1) is 21.5 Å². The van der Waals surface area contributed by atoms with Crippen LogP contribution in [0.1, 0.15) is 40.4 Å². The lowest BCUT2D eigenvalue weighted by Crippen LogP contribution is -2.05. The van der Waals surface area contributed by atoms with Crippen molar-refractivity contribution in [2.24, 2.45) is 0 Å². The maximum Gasteiger partial charge on any atom is 0.152 e. The van der Waals surface area contributed by atoms with Crippen molar-refractivity contribution >= 4 is 27.5 Å². The molecule has 5 rings (SSSR count). The molecule has 1 unspecified atom stereocenters. The molecule has 7 heteroatoms. The number of aliphatic hydroxyl groups is 1. The van der Waals surface area contributed by atoms with Crippen LogP contribution in [0, 0.1) is 0 Å². The maximum atomic E-state index is 11.0. The van der Waals surface area contributed by atoms with E-state index in [0.29, 0.717) is 10.9 Å². The summed E-state index contributed by atoms with van der Waals surface area (Å²) in [5, 5.41) is 21.0. The Bertz CT molecular complexity index is 1000. The van der Waals surface area contributed by atoms with Crippen molar-refractivity contribution in [2.45, 2.75) is 24.9 Å². The summed E-state index contributed by atoms with van der Waals surface area (Å²) in [6.07, 6.45) is 5.25. The smallest absolute Gasteiger partial charge is 0.152 e. The Kier molecular flexibility index (Phi) is 3.26. The van der Waals surface area contributed by atoms with Gasteiger partial charge in [-0.2, -0.15) is 0 Å². The lowest BCUT2D eigenvalue weighted by Gasteiger charge is -2.09. The summed E-state index contributed by atoms with van der Waals surface area (Å²) in [6, 6.07) is 9.94. The van der Waals surface area contributed by atoms with Gasteiger partial charge in [-0.25, -0.2) is 4.98 Å². The fourth-order valence-electron chi connectivity index (χ4n) is 2.89. The molecule has 1 aromatic carbocycles. The topological polar surface area (TPSA) is 63.3 Å². The van der Waals surface area contributed by atoms with Crippen molar-refractivity contribution in [1.82, 2.24) is 19.6 Å². The second-order valence-corrected chi connectivity index (χ2v) is 8.01. The minimum absolute atomic E-state index is 0.570. The predicted octanol–water partition coefficient (Wildman–Crippen LogP) is 3.87. The Labute approximate surface area is 146 Å². The lowest BCUT2D eigenvalue weighted by atomic mass is 10.2. The summed E-state index contributed by atoms with van der Waals surface area (Å²) in [7, 11) is 0. The molecule has 1 aliphatic rings. The number of hydrogen-bond donors (Lipinski definition) is 1. The van der Waals surface area contributed by atoms with E-state index in [1.807, 2.05) is 40.9 Å². The molecule has 1 fully saturated rings. The molecule has 0 aliphatic heterocycles. The Morgan fingerprint density at radius 2 is 1.96 bits per heavy atom. The third-order valence-electron chi connectivity index (χ3n) is 4.23. The van der Waals surface area contributed by atoms with Crippen LogP contribution in [0.5, 0.6) is 0 Å². The molecule has 0 radical (unpaired) electrons. The van der Waals surface area contributed by atoms with Crippen LogP contribution in [-0.2, 0) is 0 Å². The largest absolute Gasteiger partial charge is 0.379 e. The summed E-state index contributed by atoms with van der Waals surface area (Å²) in [4.78, 5) is 6.53. The molecule has 0 amide bonds. The van der Waals surface area contributed by atoms with Crippen molar-refractivity contribution in [3.05, 3.63) is 58.4 Å². The average molecular weight is 354 g/mol. The first kappa shape index (κ1) is 14.3. The van der Waals surface area contributed by atoms with E-state index in [1.54, 1.807) is 17.7 Å². The summed E-state index contributed by atoms with van der Waals surface area (Å²) in [6.45, 7) is 0. The van der Waals surface area contributed by atoms with E-state index in [4.69, 9.17) is 0 Å². The Morgan fingerprint density at radius 3 is 2.75 bits per heavy atom. The van der Waals surface area contributed by atoms with Crippen LogP contribution >= 0.6 is 22.7 Å². The van der Waals surface area contributed by atoms with Crippen molar-refractivity contribution in [3.8, 4) is 10.6 Å². The zero-order chi connectivity index (χ0) is 16.1. The Hall–Kier alpha value is -2.09. The highest BCUT2D eigenvalue weighted by Gasteiger charge is 2.33. The fraction of sp³-hybridized carbons (Fsp3) is 0.235. The number of rotatable bonds is 4. The predicted molar refractivity (Wildman–Crippen MR) is 94.5 cm³/mol. The number of hydrogen-bond acceptors (Lipinski definition) is 6. The minimum atomic E-state index is -0.765. The molecule has 1 N–H and O–H groups in total. The molecule has 5 nitrogen and oxygen atoms in total. The molecule has 0 saturated heterocycles. The third kappa shape index (κ3) is 2.28. The molecule has 3 heterocycles. The van der Waals surface area contributed by atoms with Crippen LogP contribution in [0.15, 0.2) is 42.9 Å². The SMILES string of the molecule is OC(c1nnc(-c2ccccc2)s1)c1c(C2CC2)sc2cncn12. The molecule has 120 valence electrons. The first-order valence-corrected chi connectivity index (χ1v) is 9.46. The lowest BCUT2D eigenvalue weighted by molar-refractivity contribution is 0.212. The summed E-state index contributed by atoms with van der Waals surface area (Å²) >= 11 is 3.17. The summed E-state index contributed by atoms with van der Waals surface area (Å²) in [5.41, 5.74) is 1.93. The van der Waals surface area contributed by atoms with Gasteiger partial charge in [0.15, 0.2) is 5.01 Å². The molecular weight excluding hydrogens is 340 g/mol. The molecule has 1 atom stereocenters. The highest BCUT2D eigenvalue weighted by molar-refractivity contribution is 7.17. The molecule has 0 bridgehead atoms. The van der Waals surface area contributed by atoms with E-state index < -0.39 is 6.10 Å². The van der Waals surface area contributed by atoms with Gasteiger partial charge in [0, 0.05) is 10.4 Å². The fourth-order valence-corrected chi connectivity index (χ4v) is 5.03. The first-order chi connectivity index (χ1) is 11.8. The van der Waals surface area contributed by atoms with Gasteiger partial charge in [-0.1, -0.05) is 41.7 Å². The third-order valence-corrected chi connectivity index (χ3v) is 6.53. The van der Waals surface area contributed by atoms with E-state index in [0.717, 1.165) is 21.1 Å². The molecule has 1 saturated carbocycles. The highest BCUT2D eigenvalue weighted by Crippen LogP contribution is 2.48. The van der Waals surface area contributed by atoms with E-state index in [9.17, 15) is 5.11 Å². The van der Waals surface area contributed by atoms with E-state index in [2.05, 4.69) is 15.2 Å². The van der Waals surface area contributed by atoms with Crippen molar-refractivity contribution in [3.63, 3.8) is 0 Å². The van der Waals surface area contributed by atoms with Gasteiger partial charge >= 0.3 is 0 Å². The van der Waals surface area contributed by atoms with Crippen LogP contribution in [-0.4, -0.2) is 24.7 Å². The highest BCUT2D eigenvalue weighted by atomic mass is 32.1. The van der Waals surface area contributed by atoms with Gasteiger partial charge in [0.2, 0.25) is 0 Å². The summed E-state index contributed by atoms with van der Waals surface area (Å²) in [5.74, 6) is 0.570. The van der Waals surface area contributed by atoms with Crippen LogP contribution in [0.3, 0.4) is 0 Å². The van der Waals surface area contributed by atoms with E-state index >= 15 is 0 Å². The molecule has 3 aromatic heterocycles. The quantitative estimate of drug-likeness (QED) is 0.604. The van der Waals surface area contributed by atoms with Gasteiger partial charge in [0.25, 0.3) is 0 Å². The number of aliphatic hydroxyl groups excluding tert-OH is 1. The average Bonchev–Trinajstić information content (AvgIpc) is 3.04. The van der Waals surface area contributed by atoms with E-state index in [-0.39, 0.29) is 0 Å². The molecule has 4 aromatic rings. The second-order valence-electron chi connectivity index (χ2n) is 5.94. The Morgan fingerprint density at radius 1 is 1.12 bits per heavy atom. The monoisotopic (exact) mass is 354 g/mol. The standard InChI is InChI=1S/C17H14N4OS2/c22-14(17-20-19-16(24-17)11-4-2-1-3-5-11)13-15(10-6-7-10)23-12-8-18-9-21(12)13/h1-5,8-10,14,22H,6-7H2. The van der Waals surface area contributed by atoms with Gasteiger partial charge in [0.1, 0.15) is 22.3 Å². The molecule has 0 spiro atoms. The second kappa shape index (κ2) is 5.47. The molecule has 24 heavy (non-hydrogen) atoms. The molecular formula is C17H14N4OS2. The Balaban J connectivity index is 1.57. The van der Waals surface area contributed by atoms with Crippen molar-refractivity contribution in [1.29, 1.82) is 0 Å². The van der Waals surface area contributed by atoms with Crippen LogP contribution in [0.4, 0.5) is 0 Å². The number of thiazole rings is 1. The van der Waals surface area contributed by atoms with Gasteiger partial charge < -0.3 is 5.11 Å². The number of nitrogens with zero attached hydrogens (tertiary/aromatic N) is 4. The zero-order valence-corrected chi connectivity index (χ0v) is 14.3. The maximum absolute atomic E-state index is 11.0. The number of fused-ring (bicyclic) bond motifs is 1. The molecule has 1 aliphatic carbocycles. The minimum Gasteiger partial charge on any atom is -0.379 e. The number of imidazole rings is 1. The summed E-state index contributed by atoms with van der Waals surface area (Å²) < 4.78 is 1.99. The number of aromatic nitrogens is 4. The normalized spacial score (nSPS) is 15.9. The van der Waals surface area contributed by atoms with Crippen LogP contribution in [0.25, 0.3) is 15.4 Å².